The average Bonchev–Trinajstić information content (AvgIpc) is 2.45. The van der Waals surface area contributed by atoms with E-state index in [-0.39, 0.29) is 5.91 Å². The highest BCUT2D eigenvalue weighted by atomic mass is 35.5. The SMILES string of the molecule is CC(Sc1cccc[n+]1[O-])C(=O)Nc1cc(Cl)ccc1Cl. The van der Waals surface area contributed by atoms with E-state index in [0.717, 1.165) is 4.73 Å². The Morgan fingerprint density at radius 2 is 2.10 bits per heavy atom. The topological polar surface area (TPSA) is 56.0 Å². The zero-order valence-electron chi connectivity index (χ0n) is 11.0. The summed E-state index contributed by atoms with van der Waals surface area (Å²) in [6.07, 6.45) is 1.39. The van der Waals surface area contributed by atoms with Crippen LogP contribution in [0.2, 0.25) is 10.0 Å². The van der Waals surface area contributed by atoms with E-state index in [1.165, 1.54) is 18.0 Å². The lowest BCUT2D eigenvalue weighted by molar-refractivity contribution is -0.645. The molecule has 0 saturated carbocycles. The molecule has 0 aliphatic rings. The van der Waals surface area contributed by atoms with Gasteiger partial charge in [-0.3, -0.25) is 4.79 Å². The van der Waals surface area contributed by atoms with Gasteiger partial charge in [0.25, 0.3) is 5.03 Å². The summed E-state index contributed by atoms with van der Waals surface area (Å²) in [5.74, 6) is -0.256. The van der Waals surface area contributed by atoms with Crippen molar-refractivity contribution in [3.05, 3.63) is 57.8 Å². The summed E-state index contributed by atoms with van der Waals surface area (Å²) >= 11 is 13.0. The number of aromatic nitrogens is 1. The van der Waals surface area contributed by atoms with Crippen LogP contribution in [-0.4, -0.2) is 11.2 Å². The summed E-state index contributed by atoms with van der Waals surface area (Å²) < 4.78 is 0.723. The van der Waals surface area contributed by atoms with Crippen LogP contribution in [0.25, 0.3) is 0 Å². The molecule has 0 fully saturated rings. The molecule has 1 atom stereocenters. The Labute approximate surface area is 136 Å². The van der Waals surface area contributed by atoms with E-state index in [1.54, 1.807) is 43.3 Å². The Hall–Kier alpha value is -1.43. The van der Waals surface area contributed by atoms with Crippen molar-refractivity contribution in [3.8, 4) is 0 Å². The maximum absolute atomic E-state index is 12.1. The van der Waals surface area contributed by atoms with Crippen molar-refractivity contribution in [2.24, 2.45) is 0 Å². The Morgan fingerprint density at radius 3 is 2.81 bits per heavy atom. The zero-order valence-corrected chi connectivity index (χ0v) is 13.4. The van der Waals surface area contributed by atoms with Crippen molar-refractivity contribution in [3.63, 3.8) is 0 Å². The van der Waals surface area contributed by atoms with E-state index in [0.29, 0.717) is 20.8 Å². The number of carbonyl (C=O) groups excluding carboxylic acids is 1. The molecule has 2 rings (SSSR count). The van der Waals surface area contributed by atoms with Crippen LogP contribution in [0.5, 0.6) is 0 Å². The minimum atomic E-state index is -0.456. The molecule has 0 saturated heterocycles. The standard InChI is InChI=1S/C14H12Cl2N2O2S/c1-9(21-13-4-2-3-7-18(13)20)14(19)17-12-8-10(15)5-6-11(12)16/h2-9H,1H3,(H,17,19). The molecule has 1 unspecified atom stereocenters. The van der Waals surface area contributed by atoms with Crippen LogP contribution in [0, 0.1) is 5.21 Å². The molecule has 1 heterocycles. The van der Waals surface area contributed by atoms with Crippen molar-refractivity contribution in [1.82, 2.24) is 0 Å². The van der Waals surface area contributed by atoms with E-state index in [9.17, 15) is 10.0 Å². The molecule has 1 N–H and O–H groups in total. The van der Waals surface area contributed by atoms with E-state index in [1.807, 2.05) is 0 Å². The third-order valence-electron chi connectivity index (χ3n) is 2.64. The lowest BCUT2D eigenvalue weighted by Gasteiger charge is -2.12. The minimum absolute atomic E-state index is 0.256. The van der Waals surface area contributed by atoms with E-state index in [4.69, 9.17) is 23.2 Å². The number of halogens is 2. The van der Waals surface area contributed by atoms with Crippen molar-refractivity contribution < 1.29 is 9.52 Å². The Kier molecular flexibility index (Phi) is 5.33. The molecule has 0 spiro atoms. The number of thioether (sulfide) groups is 1. The molecule has 110 valence electrons. The van der Waals surface area contributed by atoms with Gasteiger partial charge in [0.1, 0.15) is 0 Å². The first-order valence-corrected chi connectivity index (χ1v) is 7.71. The number of anilines is 1. The number of hydrogen-bond donors (Lipinski definition) is 1. The van der Waals surface area contributed by atoms with Crippen LogP contribution >= 0.6 is 35.0 Å². The monoisotopic (exact) mass is 342 g/mol. The second-order valence-corrected chi connectivity index (χ2v) is 6.44. The average molecular weight is 343 g/mol. The highest BCUT2D eigenvalue weighted by Crippen LogP contribution is 2.27. The molecule has 1 aromatic carbocycles. The molecule has 0 radical (unpaired) electrons. The molecule has 7 heteroatoms. The lowest BCUT2D eigenvalue weighted by Crippen LogP contribution is -2.30. The van der Waals surface area contributed by atoms with Gasteiger partial charge < -0.3 is 10.5 Å². The first kappa shape index (κ1) is 15.9. The summed E-state index contributed by atoms with van der Waals surface area (Å²) in [6, 6.07) is 9.87. The number of hydrogen-bond acceptors (Lipinski definition) is 3. The van der Waals surface area contributed by atoms with Gasteiger partial charge in [0.2, 0.25) is 5.91 Å². The van der Waals surface area contributed by atoms with Crippen molar-refractivity contribution in [1.29, 1.82) is 0 Å². The first-order chi connectivity index (χ1) is 9.97. The zero-order chi connectivity index (χ0) is 15.4. The molecule has 1 amide bonds. The van der Waals surface area contributed by atoms with Crippen molar-refractivity contribution in [2.75, 3.05) is 5.32 Å². The molecule has 0 aliphatic carbocycles. The van der Waals surface area contributed by atoms with Crippen LogP contribution in [-0.2, 0) is 4.79 Å². The Balaban J connectivity index is 2.06. The van der Waals surface area contributed by atoms with E-state index in [2.05, 4.69) is 5.32 Å². The summed E-state index contributed by atoms with van der Waals surface area (Å²) in [5, 5.41) is 15.2. The third kappa shape index (κ3) is 4.27. The maximum atomic E-state index is 12.1. The fourth-order valence-corrected chi connectivity index (χ4v) is 2.75. The fourth-order valence-electron chi connectivity index (χ4n) is 1.57. The normalized spacial score (nSPS) is 12.0. The van der Waals surface area contributed by atoms with Gasteiger partial charge in [-0.05, 0) is 43.0 Å². The lowest BCUT2D eigenvalue weighted by atomic mass is 10.3. The van der Waals surface area contributed by atoms with Crippen molar-refractivity contribution in [2.45, 2.75) is 17.2 Å². The second-order valence-electron chi connectivity index (χ2n) is 4.24. The van der Waals surface area contributed by atoms with Crippen molar-refractivity contribution >= 4 is 46.6 Å². The highest BCUT2D eigenvalue weighted by Gasteiger charge is 2.19. The van der Waals surface area contributed by atoms with Gasteiger partial charge in [-0.25, -0.2) is 0 Å². The van der Waals surface area contributed by atoms with Crippen LogP contribution in [0.15, 0.2) is 47.6 Å². The number of rotatable bonds is 4. The number of benzene rings is 1. The number of pyridine rings is 1. The molecule has 4 nitrogen and oxygen atoms in total. The van der Waals surface area contributed by atoms with Gasteiger partial charge in [0, 0.05) is 17.2 Å². The summed E-state index contributed by atoms with van der Waals surface area (Å²) in [4.78, 5) is 12.1. The quantitative estimate of drug-likeness (QED) is 0.523. The number of amides is 1. The Bertz CT molecular complexity index is 667. The van der Waals surface area contributed by atoms with Gasteiger partial charge in [-0.15, -0.1) is 0 Å². The molecule has 0 aliphatic heterocycles. The maximum Gasteiger partial charge on any atom is 0.252 e. The van der Waals surface area contributed by atoms with Crippen LogP contribution in [0.4, 0.5) is 5.69 Å². The van der Waals surface area contributed by atoms with Gasteiger partial charge >= 0.3 is 0 Å². The van der Waals surface area contributed by atoms with Gasteiger partial charge in [0.05, 0.1) is 16.0 Å². The largest absolute Gasteiger partial charge is 0.618 e. The minimum Gasteiger partial charge on any atom is -0.618 e. The Morgan fingerprint density at radius 1 is 1.33 bits per heavy atom. The molecular weight excluding hydrogens is 331 g/mol. The molecule has 21 heavy (non-hydrogen) atoms. The van der Waals surface area contributed by atoms with Crippen LogP contribution < -0.4 is 10.0 Å². The van der Waals surface area contributed by atoms with E-state index >= 15 is 0 Å². The number of carbonyl (C=O) groups is 1. The predicted molar refractivity (Wildman–Crippen MR) is 85.8 cm³/mol. The second kappa shape index (κ2) is 7.02. The summed E-state index contributed by atoms with van der Waals surface area (Å²) in [7, 11) is 0. The number of nitrogens with one attached hydrogen (secondary N) is 1. The van der Waals surface area contributed by atoms with Gasteiger partial charge in [0.15, 0.2) is 6.20 Å². The molecule has 1 aromatic heterocycles. The first-order valence-electron chi connectivity index (χ1n) is 6.08. The van der Waals surface area contributed by atoms with Gasteiger partial charge in [-0.2, -0.15) is 4.73 Å². The summed E-state index contributed by atoms with van der Waals surface area (Å²) in [5.41, 5.74) is 0.449. The molecule has 0 bridgehead atoms. The highest BCUT2D eigenvalue weighted by molar-refractivity contribution is 8.00. The fraction of sp³-hybridized carbons (Fsp3) is 0.143. The molecular formula is C14H12Cl2N2O2S. The third-order valence-corrected chi connectivity index (χ3v) is 4.33. The van der Waals surface area contributed by atoms with E-state index < -0.39 is 5.25 Å². The predicted octanol–water partition coefficient (Wildman–Crippen LogP) is 3.75. The van der Waals surface area contributed by atoms with Crippen LogP contribution in [0.1, 0.15) is 6.92 Å². The molecule has 2 aromatic rings. The van der Waals surface area contributed by atoms with Gasteiger partial charge in [-0.1, -0.05) is 23.2 Å². The summed E-state index contributed by atoms with van der Waals surface area (Å²) in [6.45, 7) is 1.71. The smallest absolute Gasteiger partial charge is 0.252 e. The van der Waals surface area contributed by atoms with Crippen LogP contribution in [0.3, 0.4) is 0 Å². The number of nitrogens with zero attached hydrogens (tertiary/aromatic N) is 1.